The van der Waals surface area contributed by atoms with Gasteiger partial charge in [-0.25, -0.2) is 0 Å². The number of carbonyl (C=O) groups is 2. The van der Waals surface area contributed by atoms with Gasteiger partial charge in [-0.1, -0.05) is 38.5 Å². The predicted molar refractivity (Wildman–Crippen MR) is 98.8 cm³/mol. The molecule has 2 aliphatic rings. The van der Waals surface area contributed by atoms with Gasteiger partial charge in [-0.3, -0.25) is 28.9 Å². The Morgan fingerprint density at radius 2 is 0.967 bits per heavy atom. The average Bonchev–Trinajstić information content (AvgIpc) is 2.53. The van der Waals surface area contributed by atoms with Crippen molar-refractivity contribution < 1.29 is 96.7 Å². The Kier molecular flexibility index (Phi) is 18.7. The Labute approximate surface area is 222 Å². The molecule has 2 atom stereocenters. The van der Waals surface area contributed by atoms with Crippen LogP contribution in [-0.4, -0.2) is 24.0 Å². The van der Waals surface area contributed by atoms with Gasteiger partial charge >= 0.3 is 59.1 Å². The summed E-state index contributed by atoms with van der Waals surface area (Å²) in [6, 6.07) is 0. The van der Waals surface area contributed by atoms with E-state index in [4.69, 9.17) is 9.05 Å². The van der Waals surface area contributed by atoms with Crippen LogP contribution in [0.15, 0.2) is 0 Å². The van der Waals surface area contributed by atoms with E-state index in [1.54, 1.807) is 10.2 Å². The fourth-order valence-electron chi connectivity index (χ4n) is 3.17. The number of nitrogens with one attached hydrogen (secondary N) is 2. The quantitative estimate of drug-likeness (QED) is 0.283. The summed E-state index contributed by atoms with van der Waals surface area (Å²) in [4.78, 5) is 43.4. The van der Waals surface area contributed by atoms with Gasteiger partial charge in [0.05, 0.1) is 12.2 Å². The monoisotopic (exact) mass is 486 g/mol. The van der Waals surface area contributed by atoms with Crippen molar-refractivity contribution in [2.45, 2.75) is 90.3 Å². The summed E-state index contributed by atoms with van der Waals surface area (Å²) in [7, 11) is -8.33. The summed E-state index contributed by atoms with van der Waals surface area (Å²) in [5.74, 6) is -1.22. The maximum atomic E-state index is 11.2. The van der Waals surface area contributed by atoms with Crippen molar-refractivity contribution in [2.24, 2.45) is 0 Å². The number of hydrogen-bond donors (Lipinski definition) is 2. The van der Waals surface area contributed by atoms with Gasteiger partial charge < -0.3 is 18.8 Å². The van der Waals surface area contributed by atoms with Crippen LogP contribution >= 0.6 is 15.5 Å². The molecule has 0 saturated heterocycles. The van der Waals surface area contributed by atoms with Gasteiger partial charge in [0, 0.05) is 13.8 Å². The first-order valence-electron chi connectivity index (χ1n) is 9.56. The molecule has 0 spiro atoms. The number of amides is 2. The van der Waals surface area contributed by atoms with Gasteiger partial charge in [-0.15, -0.1) is 0 Å². The zero-order valence-corrected chi connectivity index (χ0v) is 24.2. The molecule has 0 bridgehead atoms. The average molecular weight is 486 g/mol. The smallest absolute Gasteiger partial charge is 0.762 e. The van der Waals surface area contributed by atoms with Gasteiger partial charge in [0.25, 0.3) is 0 Å². The second-order valence-electron chi connectivity index (χ2n) is 7.06. The summed E-state index contributed by atoms with van der Waals surface area (Å²) in [5, 5.41) is 3.61. The summed E-state index contributed by atoms with van der Waals surface area (Å²) in [5.41, 5.74) is 0. The topological polar surface area (TPSA) is 157 Å². The fraction of sp³-hybridized carbons (Fsp3) is 0.875. The van der Waals surface area contributed by atoms with Crippen LogP contribution in [0, 0.1) is 0 Å². The van der Waals surface area contributed by atoms with Gasteiger partial charge in [0.15, 0.2) is 0 Å². The minimum atomic E-state index is -4.17. The van der Waals surface area contributed by atoms with Crippen molar-refractivity contribution in [3.63, 3.8) is 0 Å². The Morgan fingerprint density at radius 3 is 1.20 bits per heavy atom. The second-order valence-corrected chi connectivity index (χ2v) is 9.92. The van der Waals surface area contributed by atoms with Crippen LogP contribution in [0.25, 0.3) is 0 Å². The molecule has 30 heavy (non-hydrogen) atoms. The summed E-state index contributed by atoms with van der Waals surface area (Å²) in [6.07, 6.45) is 8.74. The third kappa shape index (κ3) is 16.8. The molecule has 10 nitrogen and oxygen atoms in total. The maximum absolute atomic E-state index is 11.2. The summed E-state index contributed by atoms with van der Waals surface area (Å²) < 4.78 is 32.1. The third-order valence-electron chi connectivity index (χ3n) is 4.27. The molecule has 2 unspecified atom stereocenters. The van der Waals surface area contributed by atoms with Crippen molar-refractivity contribution in [3.05, 3.63) is 0 Å². The molecular weight excluding hydrogens is 456 g/mol. The largest absolute Gasteiger partial charge is 1.00 e. The van der Waals surface area contributed by atoms with Crippen molar-refractivity contribution in [2.75, 3.05) is 0 Å². The van der Waals surface area contributed by atoms with Crippen molar-refractivity contribution >= 4 is 27.3 Å². The van der Waals surface area contributed by atoms with E-state index in [0.717, 1.165) is 78.1 Å². The second kappa shape index (κ2) is 16.8. The normalized spacial score (nSPS) is 21.2. The third-order valence-corrected chi connectivity index (χ3v) is 6.60. The van der Waals surface area contributed by atoms with E-state index >= 15 is 0 Å². The molecule has 2 aliphatic carbocycles. The van der Waals surface area contributed by atoms with Crippen LogP contribution in [-0.2, 0) is 27.8 Å². The Hall–Kier alpha value is 1.24. The van der Waals surface area contributed by atoms with Crippen LogP contribution in [0.3, 0.4) is 0 Å². The van der Waals surface area contributed by atoms with E-state index in [1.807, 2.05) is 0 Å². The molecule has 164 valence electrons. The van der Waals surface area contributed by atoms with Crippen LogP contribution in [0.5, 0.6) is 0 Å². The minimum absolute atomic E-state index is 0. The van der Waals surface area contributed by atoms with Crippen LogP contribution in [0.2, 0.25) is 0 Å². The fourth-order valence-corrected chi connectivity index (χ4v) is 5.26. The van der Waals surface area contributed by atoms with Crippen LogP contribution in [0.1, 0.15) is 78.1 Å². The molecule has 0 aromatic carbocycles. The van der Waals surface area contributed by atoms with Gasteiger partial charge in [-0.05, 0) is 25.7 Å². The Bertz CT molecular complexity index is 562. The molecule has 0 aliphatic heterocycles. The van der Waals surface area contributed by atoms with E-state index < -0.39 is 27.3 Å². The molecule has 14 heteroatoms. The minimum Gasteiger partial charge on any atom is -0.762 e. The van der Waals surface area contributed by atoms with Gasteiger partial charge in [0.2, 0.25) is 27.3 Å². The molecule has 2 saturated carbocycles. The summed E-state index contributed by atoms with van der Waals surface area (Å²) >= 11 is 0. The molecule has 2 N–H and O–H groups in total. The Balaban J connectivity index is 0. The van der Waals surface area contributed by atoms with Crippen molar-refractivity contribution in [3.8, 4) is 0 Å². The van der Waals surface area contributed by atoms with Crippen molar-refractivity contribution in [1.29, 1.82) is 0 Å². The number of carbonyl (C=O) groups excluding carboxylic acids is 2. The zero-order valence-electron chi connectivity index (χ0n) is 18.4. The van der Waals surface area contributed by atoms with E-state index in [0.29, 0.717) is 0 Å². The molecular formula is C16H30N2Na2O8P2. The maximum Gasteiger partial charge on any atom is 1.00 e. The first kappa shape index (κ1) is 33.4. The molecule has 2 rings (SSSR count). The molecule has 0 aromatic heterocycles. The number of hydrogen-bond acceptors (Lipinski definition) is 8. The molecule has 0 aromatic rings. The van der Waals surface area contributed by atoms with E-state index in [9.17, 15) is 28.5 Å². The molecule has 2 fully saturated rings. The first-order chi connectivity index (χ1) is 13.0. The molecule has 2 amide bonds. The predicted octanol–water partition coefficient (Wildman–Crippen LogP) is -4.11. The van der Waals surface area contributed by atoms with Crippen molar-refractivity contribution in [1.82, 2.24) is 10.2 Å². The van der Waals surface area contributed by atoms with E-state index in [2.05, 4.69) is 0 Å². The zero-order chi connectivity index (χ0) is 21.2. The van der Waals surface area contributed by atoms with Crippen LogP contribution in [0.4, 0.5) is 0 Å². The molecule has 0 heterocycles. The molecule has 0 radical (unpaired) electrons. The van der Waals surface area contributed by atoms with E-state index in [-0.39, 0.29) is 71.3 Å². The first-order valence-corrected chi connectivity index (χ1v) is 12.6. The SMILES string of the molecule is CC(=O)NP(=O)([O-])OC1CCCCC1.CC(=O)NP(=O)([O-])OC1CCCCC1.[Na+].[Na+]. The number of rotatable bonds is 6. The van der Waals surface area contributed by atoms with Crippen LogP contribution < -0.4 is 79.1 Å². The van der Waals surface area contributed by atoms with Gasteiger partial charge in [-0.2, -0.15) is 0 Å². The Morgan fingerprint density at radius 1 is 0.700 bits per heavy atom. The van der Waals surface area contributed by atoms with Gasteiger partial charge in [0.1, 0.15) is 0 Å². The van der Waals surface area contributed by atoms with E-state index in [1.165, 1.54) is 0 Å². The summed E-state index contributed by atoms with van der Waals surface area (Å²) in [6.45, 7) is 2.30. The standard InChI is InChI=1S/2C8H16NO4P.2Na/c2*1-7(10)9-14(11,12)13-8-5-3-2-4-6-8;;/h2*8H,2-6H2,1H3,(H2,9,10,11,12);;/q;;2*+1/p-2.